The van der Waals surface area contributed by atoms with E-state index in [4.69, 9.17) is 18.7 Å². The molecular formula is C29H29NO5. The number of hydrogen-bond donors (Lipinski definition) is 1. The first kappa shape index (κ1) is 23.5. The Morgan fingerprint density at radius 1 is 0.829 bits per heavy atom. The highest BCUT2D eigenvalue weighted by molar-refractivity contribution is 5.47. The van der Waals surface area contributed by atoms with Crippen molar-refractivity contribution in [3.63, 3.8) is 0 Å². The van der Waals surface area contributed by atoms with E-state index < -0.39 is 29.7 Å². The fourth-order valence-corrected chi connectivity index (χ4v) is 4.74. The topological polar surface area (TPSA) is 74.0 Å². The van der Waals surface area contributed by atoms with Gasteiger partial charge in [0.1, 0.15) is 35.9 Å². The van der Waals surface area contributed by atoms with Crippen LogP contribution in [-0.2, 0) is 19.8 Å². The second-order valence-corrected chi connectivity index (χ2v) is 9.10. The molecule has 5 rings (SSSR count). The minimum absolute atomic E-state index is 0.00284. The minimum Gasteiger partial charge on any atom is -0.388 e. The summed E-state index contributed by atoms with van der Waals surface area (Å²) < 4.78 is 23.9. The first-order chi connectivity index (χ1) is 17.0. The van der Waals surface area contributed by atoms with Crippen molar-refractivity contribution in [2.75, 3.05) is 6.61 Å². The van der Waals surface area contributed by atoms with Crippen molar-refractivity contribution in [2.24, 2.45) is 0 Å². The summed E-state index contributed by atoms with van der Waals surface area (Å²) in [6.07, 6.45) is -0.777. The van der Waals surface area contributed by atoms with Gasteiger partial charge in [-0.05, 0) is 30.5 Å². The lowest BCUT2D eigenvalue weighted by molar-refractivity contribution is -0.162. The molecule has 1 N–H and O–H groups in total. The van der Waals surface area contributed by atoms with E-state index in [1.807, 2.05) is 105 Å². The van der Waals surface area contributed by atoms with E-state index in [-0.39, 0.29) is 6.61 Å². The van der Waals surface area contributed by atoms with Crippen LogP contribution in [0.15, 0.2) is 108 Å². The van der Waals surface area contributed by atoms with Crippen molar-refractivity contribution in [1.82, 2.24) is 5.16 Å². The maximum absolute atomic E-state index is 11.4. The molecule has 0 radical (unpaired) electrons. The molecular weight excluding hydrogens is 442 g/mol. The smallest absolute Gasteiger partial charge is 0.164 e. The molecule has 0 amide bonds. The number of rotatable bonds is 8. The zero-order chi connectivity index (χ0) is 24.3. The van der Waals surface area contributed by atoms with Gasteiger partial charge >= 0.3 is 0 Å². The van der Waals surface area contributed by atoms with E-state index in [0.717, 1.165) is 16.7 Å². The second kappa shape index (κ2) is 9.76. The average molecular weight is 472 g/mol. The molecule has 2 heterocycles. The lowest BCUT2D eigenvalue weighted by Crippen LogP contribution is -2.41. The Morgan fingerprint density at radius 2 is 1.34 bits per heavy atom. The molecule has 0 spiro atoms. The lowest BCUT2D eigenvalue weighted by Gasteiger charge is -2.37. The molecule has 1 aliphatic rings. The fraction of sp³-hybridized carbons (Fsp3) is 0.276. The van der Waals surface area contributed by atoms with E-state index in [1.54, 1.807) is 6.07 Å². The SMILES string of the molecule is CC1(C)O[C@H]([C@H](O)COC(c2ccccc2)(c2ccccc2)c2ccccc2)[C@H](c2ccon2)O1. The van der Waals surface area contributed by atoms with E-state index in [9.17, 15) is 5.11 Å². The molecule has 1 fully saturated rings. The molecule has 0 aliphatic carbocycles. The highest BCUT2D eigenvalue weighted by Gasteiger charge is 2.48. The Labute approximate surface area is 205 Å². The summed E-state index contributed by atoms with van der Waals surface area (Å²) >= 11 is 0. The van der Waals surface area contributed by atoms with Crippen LogP contribution in [0.2, 0.25) is 0 Å². The molecule has 6 nitrogen and oxygen atoms in total. The van der Waals surface area contributed by atoms with Gasteiger partial charge in [0.05, 0.1) is 6.61 Å². The van der Waals surface area contributed by atoms with Crippen LogP contribution in [0.5, 0.6) is 0 Å². The van der Waals surface area contributed by atoms with Crippen molar-refractivity contribution < 1.29 is 23.8 Å². The van der Waals surface area contributed by atoms with Gasteiger partial charge in [-0.2, -0.15) is 0 Å². The number of benzene rings is 3. The molecule has 1 aromatic heterocycles. The Hall–Kier alpha value is -3.29. The van der Waals surface area contributed by atoms with Crippen LogP contribution < -0.4 is 0 Å². The number of aliphatic hydroxyl groups excluding tert-OH is 1. The summed E-state index contributed by atoms with van der Waals surface area (Å²) in [4.78, 5) is 0. The van der Waals surface area contributed by atoms with Gasteiger partial charge in [-0.3, -0.25) is 0 Å². The van der Waals surface area contributed by atoms with Gasteiger partial charge in [0.2, 0.25) is 0 Å². The molecule has 6 heteroatoms. The monoisotopic (exact) mass is 471 g/mol. The van der Waals surface area contributed by atoms with Crippen LogP contribution >= 0.6 is 0 Å². The fourth-order valence-electron chi connectivity index (χ4n) is 4.74. The Morgan fingerprint density at radius 3 is 1.80 bits per heavy atom. The lowest BCUT2D eigenvalue weighted by atomic mass is 9.80. The largest absolute Gasteiger partial charge is 0.388 e. The van der Waals surface area contributed by atoms with Gasteiger partial charge in [-0.1, -0.05) is 96.2 Å². The molecule has 1 aliphatic heterocycles. The molecule has 4 aromatic rings. The Bertz CT molecular complexity index is 1100. The van der Waals surface area contributed by atoms with Gasteiger partial charge < -0.3 is 23.8 Å². The molecule has 180 valence electrons. The van der Waals surface area contributed by atoms with Crippen molar-refractivity contribution in [3.05, 3.63) is 126 Å². The summed E-state index contributed by atoms with van der Waals surface area (Å²) in [5.74, 6) is -0.884. The number of aromatic nitrogens is 1. The van der Waals surface area contributed by atoms with Crippen molar-refractivity contribution in [1.29, 1.82) is 0 Å². The number of nitrogens with zero attached hydrogens (tertiary/aromatic N) is 1. The van der Waals surface area contributed by atoms with E-state index in [1.165, 1.54) is 6.26 Å². The molecule has 1 saturated heterocycles. The highest BCUT2D eigenvalue weighted by atomic mass is 16.8. The Kier molecular flexibility index (Phi) is 6.54. The van der Waals surface area contributed by atoms with Crippen LogP contribution in [0.4, 0.5) is 0 Å². The quantitative estimate of drug-likeness (QED) is 0.355. The first-order valence-electron chi connectivity index (χ1n) is 11.7. The summed E-state index contributed by atoms with van der Waals surface area (Å²) in [5, 5.41) is 15.4. The third-order valence-corrected chi connectivity index (χ3v) is 6.27. The average Bonchev–Trinajstić information content (AvgIpc) is 3.54. The van der Waals surface area contributed by atoms with Gasteiger partial charge in [-0.25, -0.2) is 0 Å². The zero-order valence-electron chi connectivity index (χ0n) is 19.8. The van der Waals surface area contributed by atoms with E-state index >= 15 is 0 Å². The number of hydrogen-bond acceptors (Lipinski definition) is 6. The third kappa shape index (κ3) is 4.66. The first-order valence-corrected chi connectivity index (χ1v) is 11.7. The molecule has 3 atom stereocenters. The number of ether oxygens (including phenoxy) is 3. The van der Waals surface area contributed by atoms with Crippen LogP contribution in [0.25, 0.3) is 0 Å². The molecule has 0 bridgehead atoms. The standard InChI is InChI=1S/C29H29NO5/c1-28(2)34-26(24-18-19-33-30-24)27(35-28)25(31)20-32-29(21-12-6-3-7-13-21,22-14-8-4-9-15-22)23-16-10-5-11-17-23/h3-19,25-27,31H,20H2,1-2H3/t25-,26+,27-/m1/s1. The normalized spacial score (nSPS) is 20.5. The van der Waals surface area contributed by atoms with Crippen LogP contribution in [0, 0.1) is 0 Å². The van der Waals surface area contributed by atoms with Gasteiger partial charge in [-0.15, -0.1) is 0 Å². The maximum Gasteiger partial charge on any atom is 0.164 e. The van der Waals surface area contributed by atoms with E-state index in [2.05, 4.69) is 5.16 Å². The van der Waals surface area contributed by atoms with E-state index in [0.29, 0.717) is 5.69 Å². The van der Waals surface area contributed by atoms with Crippen molar-refractivity contribution in [3.8, 4) is 0 Å². The summed E-state index contributed by atoms with van der Waals surface area (Å²) in [5.41, 5.74) is 2.51. The second-order valence-electron chi connectivity index (χ2n) is 9.10. The summed E-state index contributed by atoms with van der Waals surface area (Å²) in [6.45, 7) is 3.63. The predicted molar refractivity (Wildman–Crippen MR) is 130 cm³/mol. The van der Waals surface area contributed by atoms with Gasteiger partial charge in [0.25, 0.3) is 0 Å². The van der Waals surface area contributed by atoms with Gasteiger partial charge in [0.15, 0.2) is 5.79 Å². The van der Waals surface area contributed by atoms with Crippen LogP contribution in [-0.4, -0.2) is 34.9 Å². The Balaban J connectivity index is 1.52. The third-order valence-electron chi connectivity index (χ3n) is 6.27. The van der Waals surface area contributed by atoms with Crippen molar-refractivity contribution >= 4 is 0 Å². The summed E-state index contributed by atoms with van der Waals surface area (Å²) in [7, 11) is 0. The summed E-state index contributed by atoms with van der Waals surface area (Å²) in [6, 6.07) is 31.9. The predicted octanol–water partition coefficient (Wildman–Crippen LogP) is 5.24. The molecule has 0 saturated carbocycles. The minimum atomic E-state index is -0.992. The number of aliphatic hydroxyl groups is 1. The zero-order valence-corrected chi connectivity index (χ0v) is 19.8. The molecule has 35 heavy (non-hydrogen) atoms. The highest BCUT2D eigenvalue weighted by Crippen LogP contribution is 2.43. The van der Waals surface area contributed by atoms with Crippen molar-refractivity contribution in [2.45, 2.75) is 43.5 Å². The van der Waals surface area contributed by atoms with Gasteiger partial charge in [0, 0.05) is 6.07 Å². The maximum atomic E-state index is 11.4. The molecule has 0 unspecified atom stereocenters. The molecule has 3 aromatic carbocycles. The van der Waals surface area contributed by atoms with Crippen LogP contribution in [0.3, 0.4) is 0 Å². The van der Waals surface area contributed by atoms with Crippen LogP contribution in [0.1, 0.15) is 42.3 Å².